The smallest absolute Gasteiger partial charge is 0.234 e. The second-order valence-corrected chi connectivity index (χ2v) is 6.97. The first-order chi connectivity index (χ1) is 14.1. The summed E-state index contributed by atoms with van der Waals surface area (Å²) < 4.78 is 11.3. The van der Waals surface area contributed by atoms with Crippen molar-refractivity contribution in [2.24, 2.45) is 0 Å². The van der Waals surface area contributed by atoms with Gasteiger partial charge in [-0.15, -0.1) is 0 Å². The van der Waals surface area contributed by atoms with Gasteiger partial charge in [0.2, 0.25) is 5.91 Å². The number of ether oxygens (including phenoxy) is 2. The quantitative estimate of drug-likeness (QED) is 0.578. The third-order valence-electron chi connectivity index (χ3n) is 4.73. The fraction of sp³-hybridized carbons (Fsp3) is 0.350. The molecule has 0 fully saturated rings. The molecule has 0 unspecified atom stereocenters. The maximum Gasteiger partial charge on any atom is 0.234 e. The highest BCUT2D eigenvalue weighted by atomic mass is 16.5. The Labute approximate surface area is 168 Å². The van der Waals surface area contributed by atoms with Gasteiger partial charge in [0.1, 0.15) is 17.8 Å². The summed E-state index contributed by atoms with van der Waals surface area (Å²) in [6.45, 7) is 1.91. The van der Waals surface area contributed by atoms with Crippen molar-refractivity contribution in [3.8, 4) is 11.5 Å². The molecule has 0 radical (unpaired) electrons. The van der Waals surface area contributed by atoms with Crippen molar-refractivity contribution in [1.29, 1.82) is 0 Å². The van der Waals surface area contributed by atoms with Gasteiger partial charge in [-0.25, -0.2) is 9.97 Å². The van der Waals surface area contributed by atoms with Crippen LogP contribution < -0.4 is 20.1 Å². The Hall–Kier alpha value is -3.33. The SMILES string of the molecule is COc1ccc2cc1OCCCNC(=O)CN(C)Cc1c[nH]c3ncnc(c13)N2. The number of rotatable bonds is 1. The average molecular weight is 396 g/mol. The molecular formula is C20H24N6O3. The minimum atomic E-state index is -0.0198. The van der Waals surface area contributed by atoms with E-state index in [-0.39, 0.29) is 5.91 Å². The second kappa shape index (κ2) is 8.36. The third kappa shape index (κ3) is 4.24. The molecule has 3 N–H and O–H groups in total. The van der Waals surface area contributed by atoms with Gasteiger partial charge in [-0.1, -0.05) is 0 Å². The molecule has 1 aliphatic heterocycles. The topological polar surface area (TPSA) is 104 Å². The summed E-state index contributed by atoms with van der Waals surface area (Å²) in [7, 11) is 3.52. The number of aromatic nitrogens is 3. The van der Waals surface area contributed by atoms with E-state index in [0.717, 1.165) is 22.3 Å². The number of carbonyl (C=O) groups excluding carboxylic acids is 1. The largest absolute Gasteiger partial charge is 0.493 e. The molecule has 4 rings (SSSR count). The molecule has 0 saturated carbocycles. The van der Waals surface area contributed by atoms with E-state index < -0.39 is 0 Å². The van der Waals surface area contributed by atoms with E-state index >= 15 is 0 Å². The van der Waals surface area contributed by atoms with Crippen molar-refractivity contribution in [3.63, 3.8) is 0 Å². The fourth-order valence-corrected chi connectivity index (χ4v) is 3.38. The summed E-state index contributed by atoms with van der Waals surface area (Å²) in [4.78, 5) is 26.1. The Morgan fingerprint density at radius 1 is 1.24 bits per heavy atom. The van der Waals surface area contributed by atoms with E-state index in [2.05, 4.69) is 25.6 Å². The Bertz CT molecular complexity index is 1020. The number of amides is 1. The molecule has 1 aliphatic rings. The highest BCUT2D eigenvalue weighted by Gasteiger charge is 2.16. The summed E-state index contributed by atoms with van der Waals surface area (Å²) in [5.41, 5.74) is 2.58. The predicted molar refractivity (Wildman–Crippen MR) is 110 cm³/mol. The van der Waals surface area contributed by atoms with Crippen LogP contribution in [0.5, 0.6) is 11.5 Å². The predicted octanol–water partition coefficient (Wildman–Crippen LogP) is 2.04. The van der Waals surface area contributed by atoms with Crippen LogP contribution in [0.25, 0.3) is 11.0 Å². The van der Waals surface area contributed by atoms with Crippen LogP contribution in [0.15, 0.2) is 30.7 Å². The van der Waals surface area contributed by atoms with E-state index in [1.165, 1.54) is 6.33 Å². The lowest BCUT2D eigenvalue weighted by molar-refractivity contribution is -0.122. The molecular weight excluding hydrogens is 372 g/mol. The van der Waals surface area contributed by atoms with Gasteiger partial charge in [0.05, 0.1) is 25.6 Å². The van der Waals surface area contributed by atoms with Crippen LogP contribution in [-0.4, -0.2) is 59.6 Å². The molecule has 1 aromatic carbocycles. The number of methoxy groups -OCH3 is 1. The van der Waals surface area contributed by atoms with E-state index in [1.807, 2.05) is 36.3 Å². The molecule has 9 nitrogen and oxygen atoms in total. The van der Waals surface area contributed by atoms with Gasteiger partial charge in [-0.2, -0.15) is 0 Å². The number of likely N-dealkylation sites (N-methyl/N-ethyl adjacent to an activating group) is 1. The van der Waals surface area contributed by atoms with Crippen molar-refractivity contribution >= 4 is 28.4 Å². The van der Waals surface area contributed by atoms with Crippen LogP contribution in [0, 0.1) is 0 Å². The molecule has 0 spiro atoms. The minimum absolute atomic E-state index is 0.0198. The summed E-state index contributed by atoms with van der Waals surface area (Å²) in [5, 5.41) is 7.19. The van der Waals surface area contributed by atoms with Gasteiger partial charge in [0.15, 0.2) is 11.5 Å². The van der Waals surface area contributed by atoms with Crippen molar-refractivity contribution in [2.75, 3.05) is 39.2 Å². The number of fused-ring (bicyclic) bond motifs is 2. The number of H-pyrrole nitrogens is 1. The number of benzene rings is 1. The molecule has 0 aliphatic carbocycles. The van der Waals surface area contributed by atoms with Crippen LogP contribution in [0.4, 0.5) is 11.5 Å². The summed E-state index contributed by atoms with van der Waals surface area (Å²) in [6.07, 6.45) is 4.12. The molecule has 9 heteroatoms. The van der Waals surface area contributed by atoms with Crippen LogP contribution in [0.1, 0.15) is 12.0 Å². The van der Waals surface area contributed by atoms with Crippen LogP contribution in [0.3, 0.4) is 0 Å². The Morgan fingerprint density at radius 3 is 3.00 bits per heavy atom. The molecule has 29 heavy (non-hydrogen) atoms. The molecule has 3 heterocycles. The molecule has 2 bridgehead atoms. The Balaban J connectivity index is 1.74. The van der Waals surface area contributed by atoms with E-state index in [0.29, 0.717) is 50.0 Å². The molecule has 0 atom stereocenters. The van der Waals surface area contributed by atoms with Gasteiger partial charge in [0.25, 0.3) is 0 Å². The Morgan fingerprint density at radius 2 is 2.14 bits per heavy atom. The lowest BCUT2D eigenvalue weighted by Crippen LogP contribution is -2.35. The number of anilines is 2. The normalized spacial score (nSPS) is 16.0. The number of hydrogen-bond donors (Lipinski definition) is 3. The zero-order valence-corrected chi connectivity index (χ0v) is 16.5. The van der Waals surface area contributed by atoms with E-state index in [1.54, 1.807) is 7.11 Å². The van der Waals surface area contributed by atoms with E-state index in [4.69, 9.17) is 9.47 Å². The number of carbonyl (C=O) groups is 1. The maximum absolute atomic E-state index is 12.2. The molecule has 0 saturated heterocycles. The van der Waals surface area contributed by atoms with Crippen molar-refractivity contribution in [3.05, 3.63) is 36.3 Å². The molecule has 1 amide bonds. The highest BCUT2D eigenvalue weighted by molar-refractivity contribution is 5.92. The van der Waals surface area contributed by atoms with Crippen LogP contribution in [-0.2, 0) is 11.3 Å². The minimum Gasteiger partial charge on any atom is -0.493 e. The number of nitrogens with zero attached hydrogens (tertiary/aromatic N) is 3. The first kappa shape index (κ1) is 19.0. The first-order valence-corrected chi connectivity index (χ1v) is 9.48. The highest BCUT2D eigenvalue weighted by Crippen LogP contribution is 2.33. The van der Waals surface area contributed by atoms with E-state index in [9.17, 15) is 4.79 Å². The van der Waals surface area contributed by atoms with Gasteiger partial charge in [-0.05, 0) is 31.2 Å². The Kier molecular flexibility index (Phi) is 5.48. The van der Waals surface area contributed by atoms with Crippen LogP contribution >= 0.6 is 0 Å². The fourth-order valence-electron chi connectivity index (χ4n) is 3.38. The number of aromatic amines is 1. The average Bonchev–Trinajstić information content (AvgIpc) is 3.11. The summed E-state index contributed by atoms with van der Waals surface area (Å²) in [6, 6.07) is 5.66. The summed E-state index contributed by atoms with van der Waals surface area (Å²) in [5.74, 6) is 1.95. The van der Waals surface area contributed by atoms with Crippen LogP contribution in [0.2, 0.25) is 0 Å². The third-order valence-corrected chi connectivity index (χ3v) is 4.73. The lowest BCUT2D eigenvalue weighted by atomic mass is 10.2. The lowest BCUT2D eigenvalue weighted by Gasteiger charge is -2.18. The number of hydrogen-bond acceptors (Lipinski definition) is 7. The van der Waals surface area contributed by atoms with Gasteiger partial charge < -0.3 is 25.1 Å². The molecule has 152 valence electrons. The molecule has 2 aromatic heterocycles. The number of nitrogens with one attached hydrogen (secondary N) is 3. The van der Waals surface area contributed by atoms with Gasteiger partial charge in [-0.3, -0.25) is 9.69 Å². The summed E-state index contributed by atoms with van der Waals surface area (Å²) >= 11 is 0. The van der Waals surface area contributed by atoms with Crippen molar-refractivity contribution in [1.82, 2.24) is 25.2 Å². The zero-order chi connectivity index (χ0) is 20.2. The van der Waals surface area contributed by atoms with Gasteiger partial charge in [0, 0.05) is 31.0 Å². The first-order valence-electron chi connectivity index (χ1n) is 9.48. The molecule has 3 aromatic rings. The second-order valence-electron chi connectivity index (χ2n) is 6.97. The monoisotopic (exact) mass is 396 g/mol. The zero-order valence-electron chi connectivity index (χ0n) is 16.5. The standard InChI is InChI=1S/C20H24N6O3/c1-26-10-13-9-22-19-18(13)20(24-12-23-19)25-14-4-5-15(28-2)16(8-14)29-7-3-6-21-17(27)11-26/h4-5,8-9,12H,3,6-7,10-11H2,1-2H3,(H,21,27)(H2,22,23,24,25). The van der Waals surface area contributed by atoms with Crippen molar-refractivity contribution in [2.45, 2.75) is 13.0 Å². The van der Waals surface area contributed by atoms with Crippen molar-refractivity contribution < 1.29 is 14.3 Å². The maximum atomic E-state index is 12.2. The van der Waals surface area contributed by atoms with Gasteiger partial charge >= 0.3 is 0 Å².